The van der Waals surface area contributed by atoms with Crippen LogP contribution < -0.4 is 9.47 Å². The molecule has 1 aromatic carbocycles. The van der Waals surface area contributed by atoms with Crippen LogP contribution in [-0.4, -0.2) is 56.1 Å². The summed E-state index contributed by atoms with van der Waals surface area (Å²) in [6.07, 6.45) is 6.46. The number of likely N-dealkylation sites (tertiary alicyclic amines) is 1. The molecular formula is C20H30N2O3. The van der Waals surface area contributed by atoms with Gasteiger partial charge < -0.3 is 14.4 Å². The molecule has 1 amide bonds. The second kappa shape index (κ2) is 8.56. The first-order valence-corrected chi connectivity index (χ1v) is 9.45. The van der Waals surface area contributed by atoms with Crippen molar-refractivity contribution in [2.45, 2.75) is 45.1 Å². The number of methoxy groups -OCH3 is 2. The van der Waals surface area contributed by atoms with Crippen LogP contribution >= 0.6 is 0 Å². The molecule has 5 nitrogen and oxygen atoms in total. The van der Waals surface area contributed by atoms with E-state index in [0.29, 0.717) is 12.3 Å². The van der Waals surface area contributed by atoms with Crippen LogP contribution in [0.25, 0.3) is 0 Å². The zero-order chi connectivity index (χ0) is 17.6. The molecule has 0 unspecified atom stereocenters. The lowest BCUT2D eigenvalue weighted by molar-refractivity contribution is -0.131. The van der Waals surface area contributed by atoms with Gasteiger partial charge in [0.15, 0.2) is 11.5 Å². The van der Waals surface area contributed by atoms with E-state index in [-0.39, 0.29) is 0 Å². The van der Waals surface area contributed by atoms with Crippen LogP contribution in [-0.2, 0) is 17.8 Å². The van der Waals surface area contributed by atoms with E-state index in [1.165, 1.54) is 24.0 Å². The highest BCUT2D eigenvalue weighted by Crippen LogP contribution is 2.33. The van der Waals surface area contributed by atoms with Crippen LogP contribution in [0.5, 0.6) is 11.5 Å². The summed E-state index contributed by atoms with van der Waals surface area (Å²) in [4.78, 5) is 16.9. The third kappa shape index (κ3) is 4.46. The minimum absolute atomic E-state index is 0.319. The van der Waals surface area contributed by atoms with Gasteiger partial charge in [-0.3, -0.25) is 9.69 Å². The van der Waals surface area contributed by atoms with Gasteiger partial charge in [-0.2, -0.15) is 0 Å². The van der Waals surface area contributed by atoms with Crippen LogP contribution in [0, 0.1) is 0 Å². The Morgan fingerprint density at radius 2 is 1.60 bits per heavy atom. The fourth-order valence-electron chi connectivity index (χ4n) is 3.86. The van der Waals surface area contributed by atoms with Crippen LogP contribution in [0.3, 0.4) is 0 Å². The molecule has 2 aliphatic rings. The SMILES string of the molecule is COc1cc2c(cc1OC)CN(CCC(=O)N1CCCCCC1)CC2. The lowest BCUT2D eigenvalue weighted by Crippen LogP contribution is -2.37. The highest BCUT2D eigenvalue weighted by molar-refractivity contribution is 5.76. The maximum absolute atomic E-state index is 12.5. The minimum atomic E-state index is 0.319. The molecule has 0 atom stereocenters. The molecule has 0 N–H and O–H groups in total. The monoisotopic (exact) mass is 346 g/mol. The summed E-state index contributed by atoms with van der Waals surface area (Å²) in [6.45, 7) is 4.60. The smallest absolute Gasteiger partial charge is 0.223 e. The number of amides is 1. The van der Waals surface area contributed by atoms with Crippen molar-refractivity contribution in [3.8, 4) is 11.5 Å². The van der Waals surface area contributed by atoms with Gasteiger partial charge in [-0.1, -0.05) is 12.8 Å². The molecule has 5 heteroatoms. The topological polar surface area (TPSA) is 42.0 Å². The van der Waals surface area contributed by atoms with E-state index in [1.807, 2.05) is 0 Å². The van der Waals surface area contributed by atoms with Crippen LogP contribution in [0.4, 0.5) is 0 Å². The standard InChI is InChI=1S/C20H30N2O3/c1-24-18-13-16-7-11-21(15-17(16)14-19(18)25-2)12-8-20(23)22-9-5-3-4-6-10-22/h13-14H,3-12,15H2,1-2H3. The van der Waals surface area contributed by atoms with Crippen molar-refractivity contribution in [3.05, 3.63) is 23.3 Å². The molecule has 0 spiro atoms. The number of fused-ring (bicyclic) bond motifs is 1. The molecule has 1 fully saturated rings. The van der Waals surface area contributed by atoms with E-state index in [2.05, 4.69) is 21.9 Å². The van der Waals surface area contributed by atoms with Gasteiger partial charge in [0, 0.05) is 39.1 Å². The molecule has 2 aliphatic heterocycles. The van der Waals surface area contributed by atoms with Crippen molar-refractivity contribution >= 4 is 5.91 Å². The summed E-state index contributed by atoms with van der Waals surface area (Å²) in [7, 11) is 3.35. The Morgan fingerprint density at radius 3 is 2.24 bits per heavy atom. The molecule has 25 heavy (non-hydrogen) atoms. The summed E-state index contributed by atoms with van der Waals surface area (Å²) in [5.74, 6) is 1.90. The van der Waals surface area contributed by atoms with Crippen molar-refractivity contribution in [1.82, 2.24) is 9.80 Å². The normalized spacial score (nSPS) is 18.4. The third-order valence-electron chi connectivity index (χ3n) is 5.40. The lowest BCUT2D eigenvalue weighted by atomic mass is 9.98. The van der Waals surface area contributed by atoms with E-state index in [9.17, 15) is 4.79 Å². The van der Waals surface area contributed by atoms with Crippen molar-refractivity contribution < 1.29 is 14.3 Å². The fraction of sp³-hybridized carbons (Fsp3) is 0.650. The number of benzene rings is 1. The maximum atomic E-state index is 12.5. The molecule has 138 valence electrons. The number of rotatable bonds is 5. The molecule has 0 saturated carbocycles. The van der Waals surface area contributed by atoms with E-state index in [4.69, 9.17) is 9.47 Å². The summed E-state index contributed by atoms with van der Waals surface area (Å²) < 4.78 is 10.8. The summed E-state index contributed by atoms with van der Waals surface area (Å²) in [6, 6.07) is 4.17. The number of carbonyl (C=O) groups is 1. The minimum Gasteiger partial charge on any atom is -0.493 e. The third-order valence-corrected chi connectivity index (χ3v) is 5.40. The van der Waals surface area contributed by atoms with Gasteiger partial charge in [0.2, 0.25) is 5.91 Å². The van der Waals surface area contributed by atoms with Crippen molar-refractivity contribution in [1.29, 1.82) is 0 Å². The predicted octanol–water partition coefficient (Wildman–Crippen LogP) is 2.85. The lowest BCUT2D eigenvalue weighted by Gasteiger charge is -2.30. The Hall–Kier alpha value is -1.75. The van der Waals surface area contributed by atoms with Crippen molar-refractivity contribution in [2.75, 3.05) is 40.4 Å². The first-order chi connectivity index (χ1) is 12.2. The maximum Gasteiger partial charge on any atom is 0.223 e. The first kappa shape index (κ1) is 18.1. The summed E-state index contributed by atoms with van der Waals surface area (Å²) in [5, 5.41) is 0. The highest BCUT2D eigenvalue weighted by atomic mass is 16.5. The molecule has 0 aliphatic carbocycles. The number of hydrogen-bond donors (Lipinski definition) is 0. The molecule has 0 aromatic heterocycles. The summed E-state index contributed by atoms with van der Waals surface area (Å²) in [5.41, 5.74) is 2.61. The van der Waals surface area contributed by atoms with Crippen molar-refractivity contribution in [2.24, 2.45) is 0 Å². The van der Waals surface area contributed by atoms with E-state index in [0.717, 1.165) is 63.5 Å². The molecule has 3 rings (SSSR count). The van der Waals surface area contributed by atoms with Gasteiger partial charge in [0.05, 0.1) is 14.2 Å². The van der Waals surface area contributed by atoms with Gasteiger partial charge in [0.25, 0.3) is 0 Å². The molecule has 2 heterocycles. The second-order valence-corrected chi connectivity index (χ2v) is 7.05. The number of carbonyl (C=O) groups excluding carboxylic acids is 1. The Morgan fingerprint density at radius 1 is 0.960 bits per heavy atom. The van der Waals surface area contributed by atoms with Crippen molar-refractivity contribution in [3.63, 3.8) is 0 Å². The molecule has 0 bridgehead atoms. The average Bonchev–Trinajstić information content (AvgIpc) is 2.94. The first-order valence-electron chi connectivity index (χ1n) is 9.45. The fourth-order valence-corrected chi connectivity index (χ4v) is 3.86. The van der Waals surface area contributed by atoms with E-state index < -0.39 is 0 Å². The van der Waals surface area contributed by atoms with E-state index in [1.54, 1.807) is 14.2 Å². The Balaban J connectivity index is 1.56. The Labute approximate surface area is 150 Å². The zero-order valence-corrected chi connectivity index (χ0v) is 15.6. The van der Waals surface area contributed by atoms with Gasteiger partial charge in [-0.15, -0.1) is 0 Å². The number of ether oxygens (including phenoxy) is 2. The number of hydrogen-bond acceptors (Lipinski definition) is 4. The van der Waals surface area contributed by atoms with Crippen LogP contribution in [0.2, 0.25) is 0 Å². The highest BCUT2D eigenvalue weighted by Gasteiger charge is 2.21. The van der Waals surface area contributed by atoms with Gasteiger partial charge in [-0.05, 0) is 42.5 Å². The Bertz CT molecular complexity index is 595. The summed E-state index contributed by atoms with van der Waals surface area (Å²) >= 11 is 0. The Kier molecular flexibility index (Phi) is 6.19. The molecule has 1 aromatic rings. The van der Waals surface area contributed by atoms with Gasteiger partial charge in [0.1, 0.15) is 0 Å². The van der Waals surface area contributed by atoms with Gasteiger partial charge >= 0.3 is 0 Å². The zero-order valence-electron chi connectivity index (χ0n) is 15.6. The quantitative estimate of drug-likeness (QED) is 0.822. The average molecular weight is 346 g/mol. The molecular weight excluding hydrogens is 316 g/mol. The van der Waals surface area contributed by atoms with Crippen LogP contribution in [0.1, 0.15) is 43.2 Å². The largest absolute Gasteiger partial charge is 0.493 e. The van der Waals surface area contributed by atoms with Gasteiger partial charge in [-0.25, -0.2) is 0 Å². The predicted molar refractivity (Wildman–Crippen MR) is 98.2 cm³/mol. The second-order valence-electron chi connectivity index (χ2n) is 7.05. The van der Waals surface area contributed by atoms with Crippen LogP contribution in [0.15, 0.2) is 12.1 Å². The molecule has 1 saturated heterocycles. The molecule has 0 radical (unpaired) electrons. The number of nitrogens with zero attached hydrogens (tertiary/aromatic N) is 2. The van der Waals surface area contributed by atoms with E-state index >= 15 is 0 Å².